The van der Waals surface area contributed by atoms with Crippen molar-refractivity contribution in [2.45, 2.75) is 24.8 Å². The van der Waals surface area contributed by atoms with Crippen LogP contribution in [-0.2, 0) is 28.6 Å². The smallest absolute Gasteiger partial charge is 0.422 e. The van der Waals surface area contributed by atoms with Gasteiger partial charge < -0.3 is 14.2 Å². The summed E-state index contributed by atoms with van der Waals surface area (Å²) >= 11 is 0. The summed E-state index contributed by atoms with van der Waals surface area (Å²) in [6, 6.07) is 0. The lowest BCUT2D eigenvalue weighted by Gasteiger charge is -2.30. The number of rotatable bonds is 4. The molecule has 6 nitrogen and oxygen atoms in total. The van der Waals surface area contributed by atoms with Gasteiger partial charge in [0.2, 0.25) is 5.83 Å². The number of hydrogen-bond acceptors (Lipinski definition) is 6. The number of carbonyl (C=O) groups is 3. The summed E-state index contributed by atoms with van der Waals surface area (Å²) in [6.45, 7) is 0.999. The third kappa shape index (κ3) is 2.63. The van der Waals surface area contributed by atoms with Crippen molar-refractivity contribution in [1.29, 1.82) is 0 Å². The molecule has 0 amide bonds. The maximum Gasteiger partial charge on any atom is 0.422 e. The van der Waals surface area contributed by atoms with Crippen molar-refractivity contribution in [3.63, 3.8) is 0 Å². The summed E-state index contributed by atoms with van der Waals surface area (Å²) in [4.78, 5) is 35.3. The van der Waals surface area contributed by atoms with Crippen LogP contribution in [0.3, 0.4) is 0 Å². The van der Waals surface area contributed by atoms with E-state index in [-0.39, 0.29) is 6.42 Å². The lowest BCUT2D eigenvalue weighted by Crippen LogP contribution is -2.44. The predicted molar refractivity (Wildman–Crippen MR) is 65.6 cm³/mol. The second kappa shape index (κ2) is 5.45. The van der Waals surface area contributed by atoms with E-state index in [0.717, 1.165) is 0 Å². The second-order valence-corrected chi connectivity index (χ2v) is 6.01. The van der Waals surface area contributed by atoms with Crippen molar-refractivity contribution < 1.29 is 46.2 Å². The third-order valence-corrected chi connectivity index (χ3v) is 4.66. The minimum absolute atomic E-state index is 0.240. The molecule has 0 spiro atoms. The normalized spacial score (nSPS) is 36.4. The summed E-state index contributed by atoms with van der Waals surface area (Å²) in [5.74, 6) is -8.07. The zero-order chi connectivity index (χ0) is 17.8. The minimum Gasteiger partial charge on any atom is -0.458 e. The molecule has 1 saturated heterocycles. The first kappa shape index (κ1) is 16.7. The van der Waals surface area contributed by atoms with Crippen LogP contribution in [0.4, 0.5) is 17.6 Å². The van der Waals surface area contributed by atoms with E-state index in [1.165, 1.54) is 0 Å². The molecule has 0 N–H and O–H groups in total. The number of hydrogen-bond donors (Lipinski definition) is 0. The Kier molecular flexibility index (Phi) is 3.80. The average Bonchev–Trinajstić information content (AvgIpc) is 3.06. The van der Waals surface area contributed by atoms with Gasteiger partial charge in [-0.05, 0) is 6.42 Å². The molecule has 2 saturated carbocycles. The van der Waals surface area contributed by atoms with E-state index in [4.69, 9.17) is 9.47 Å². The molecule has 0 aromatic rings. The van der Waals surface area contributed by atoms with Crippen molar-refractivity contribution in [2.24, 2.45) is 23.7 Å². The lowest BCUT2D eigenvalue weighted by molar-refractivity contribution is -0.193. The first-order valence-corrected chi connectivity index (χ1v) is 7.09. The zero-order valence-corrected chi connectivity index (χ0v) is 12.0. The first-order chi connectivity index (χ1) is 11.1. The van der Waals surface area contributed by atoms with Gasteiger partial charge >= 0.3 is 24.1 Å². The molecule has 0 aromatic heterocycles. The van der Waals surface area contributed by atoms with Crippen LogP contribution < -0.4 is 0 Å². The SMILES string of the molecule is C=C(F)C(=O)OC1C2CC3C1OC(=O)C3C2C(=O)OCC(F)(F)F. The molecule has 1 aliphatic heterocycles. The summed E-state index contributed by atoms with van der Waals surface area (Å²) < 4.78 is 63.6. The molecule has 24 heavy (non-hydrogen) atoms. The zero-order valence-electron chi connectivity index (χ0n) is 12.0. The van der Waals surface area contributed by atoms with Crippen molar-refractivity contribution in [1.82, 2.24) is 0 Å². The van der Waals surface area contributed by atoms with Gasteiger partial charge in [-0.3, -0.25) is 9.59 Å². The molecule has 132 valence electrons. The summed E-state index contributed by atoms with van der Waals surface area (Å²) in [5, 5.41) is 0. The summed E-state index contributed by atoms with van der Waals surface area (Å²) in [6.07, 6.45) is -6.41. The number of fused-ring (bicyclic) bond motifs is 1. The van der Waals surface area contributed by atoms with Crippen LogP contribution in [0.15, 0.2) is 12.4 Å². The lowest BCUT2D eigenvalue weighted by atomic mass is 9.78. The van der Waals surface area contributed by atoms with Gasteiger partial charge in [0.25, 0.3) is 0 Å². The molecular formula is C14H12F4O6. The van der Waals surface area contributed by atoms with Gasteiger partial charge in [-0.15, -0.1) is 0 Å². The minimum atomic E-state index is -4.70. The van der Waals surface area contributed by atoms with Crippen molar-refractivity contribution >= 4 is 17.9 Å². The Hall–Kier alpha value is -2.13. The molecule has 2 aliphatic carbocycles. The second-order valence-electron chi connectivity index (χ2n) is 6.01. The molecule has 3 aliphatic rings. The molecule has 1 heterocycles. The summed E-state index contributed by atoms with van der Waals surface area (Å²) in [5.41, 5.74) is 0. The fourth-order valence-electron chi connectivity index (χ4n) is 3.91. The number of halogens is 4. The Morgan fingerprint density at radius 2 is 1.96 bits per heavy atom. The van der Waals surface area contributed by atoms with Crippen LogP contribution in [-0.4, -0.2) is 42.9 Å². The van der Waals surface area contributed by atoms with Gasteiger partial charge in [0.15, 0.2) is 6.61 Å². The molecule has 10 heteroatoms. The Labute approximate surface area is 132 Å². The van der Waals surface area contributed by atoms with Crippen LogP contribution in [0.5, 0.6) is 0 Å². The highest BCUT2D eigenvalue weighted by Gasteiger charge is 2.70. The third-order valence-electron chi connectivity index (χ3n) is 4.66. The molecule has 3 rings (SSSR count). The fraction of sp³-hybridized carbons (Fsp3) is 0.643. The van der Waals surface area contributed by atoms with Gasteiger partial charge in [0, 0.05) is 11.8 Å². The van der Waals surface area contributed by atoms with Crippen LogP contribution in [0.1, 0.15) is 6.42 Å². The maximum atomic E-state index is 12.8. The Balaban J connectivity index is 1.78. The Morgan fingerprint density at radius 3 is 2.54 bits per heavy atom. The highest BCUT2D eigenvalue weighted by atomic mass is 19.4. The maximum absolute atomic E-state index is 12.8. The predicted octanol–water partition coefficient (Wildman–Crippen LogP) is 1.29. The highest BCUT2D eigenvalue weighted by Crippen LogP contribution is 2.59. The van der Waals surface area contributed by atoms with Gasteiger partial charge in [-0.1, -0.05) is 6.58 Å². The van der Waals surface area contributed by atoms with Gasteiger partial charge in [0.05, 0.1) is 11.8 Å². The average molecular weight is 352 g/mol. The van der Waals surface area contributed by atoms with E-state index in [0.29, 0.717) is 0 Å². The monoisotopic (exact) mass is 352 g/mol. The molecular weight excluding hydrogens is 340 g/mol. The van der Waals surface area contributed by atoms with E-state index in [1.807, 2.05) is 0 Å². The number of carbonyl (C=O) groups excluding carboxylic acids is 3. The van der Waals surface area contributed by atoms with E-state index in [9.17, 15) is 31.9 Å². The van der Waals surface area contributed by atoms with Crippen LogP contribution in [0.2, 0.25) is 0 Å². The van der Waals surface area contributed by atoms with E-state index in [2.05, 4.69) is 11.3 Å². The van der Waals surface area contributed by atoms with E-state index in [1.54, 1.807) is 0 Å². The van der Waals surface area contributed by atoms with Crippen molar-refractivity contribution in [2.75, 3.05) is 6.61 Å². The van der Waals surface area contributed by atoms with Gasteiger partial charge in [-0.2, -0.15) is 17.6 Å². The van der Waals surface area contributed by atoms with Gasteiger partial charge in [0.1, 0.15) is 12.2 Å². The van der Waals surface area contributed by atoms with Crippen LogP contribution >= 0.6 is 0 Å². The highest BCUT2D eigenvalue weighted by molar-refractivity contribution is 5.87. The molecule has 2 bridgehead atoms. The molecule has 0 radical (unpaired) electrons. The molecule has 6 unspecified atom stereocenters. The van der Waals surface area contributed by atoms with Crippen LogP contribution in [0, 0.1) is 23.7 Å². The fourth-order valence-corrected chi connectivity index (χ4v) is 3.91. The van der Waals surface area contributed by atoms with E-state index >= 15 is 0 Å². The Bertz CT molecular complexity index is 615. The standard InChI is InChI=1S/C14H12F4O6/c1-4(15)11(19)23-9-5-2-6-8(13(21)24-10(6)9)7(5)12(20)22-3-14(16,17)18/h5-10H,1-3H2. The van der Waals surface area contributed by atoms with Gasteiger partial charge in [-0.25, -0.2) is 4.79 Å². The number of esters is 3. The van der Waals surface area contributed by atoms with Crippen molar-refractivity contribution in [3.05, 3.63) is 12.4 Å². The number of ether oxygens (including phenoxy) is 3. The van der Waals surface area contributed by atoms with Crippen LogP contribution in [0.25, 0.3) is 0 Å². The topological polar surface area (TPSA) is 78.9 Å². The quantitative estimate of drug-likeness (QED) is 0.328. The molecule has 6 atom stereocenters. The van der Waals surface area contributed by atoms with Crippen molar-refractivity contribution in [3.8, 4) is 0 Å². The molecule has 3 fully saturated rings. The number of alkyl halides is 3. The first-order valence-electron chi connectivity index (χ1n) is 7.09. The summed E-state index contributed by atoms with van der Waals surface area (Å²) in [7, 11) is 0. The van der Waals surface area contributed by atoms with E-state index < -0.39 is 72.4 Å². The largest absolute Gasteiger partial charge is 0.458 e. The molecule has 0 aromatic carbocycles. The Morgan fingerprint density at radius 1 is 1.29 bits per heavy atom.